The summed E-state index contributed by atoms with van der Waals surface area (Å²) in [6.45, 7) is 0.362. The predicted molar refractivity (Wildman–Crippen MR) is 132 cm³/mol. The fraction of sp³-hybridized carbons (Fsp3) is 0.310. The van der Waals surface area contributed by atoms with E-state index in [2.05, 4.69) is 59.6 Å². The number of piperidine rings is 1. The first kappa shape index (κ1) is 21.0. The summed E-state index contributed by atoms with van der Waals surface area (Å²) in [5.41, 5.74) is 7.35. The van der Waals surface area contributed by atoms with Crippen molar-refractivity contribution in [3.8, 4) is 17.0 Å². The van der Waals surface area contributed by atoms with E-state index in [0.717, 1.165) is 31.2 Å². The number of nitrogens with zero attached hydrogens (tertiary/aromatic N) is 2. The normalized spacial score (nSPS) is 20.9. The van der Waals surface area contributed by atoms with Crippen LogP contribution in [0.5, 0.6) is 5.88 Å². The van der Waals surface area contributed by atoms with Crippen molar-refractivity contribution in [1.29, 1.82) is 0 Å². The number of pyridine rings is 1. The molecular formula is C29H28N2O3. The maximum Gasteiger partial charge on any atom is 0.410 e. The number of carbonyl (C=O) groups excluding carboxylic acids is 1. The van der Waals surface area contributed by atoms with Crippen LogP contribution in [0.15, 0.2) is 72.9 Å². The minimum absolute atomic E-state index is 0.0670. The Morgan fingerprint density at radius 3 is 2.47 bits per heavy atom. The highest BCUT2D eigenvalue weighted by atomic mass is 16.6. The molecule has 172 valence electrons. The van der Waals surface area contributed by atoms with Crippen LogP contribution in [0.4, 0.5) is 4.79 Å². The summed E-state index contributed by atoms with van der Waals surface area (Å²) < 4.78 is 11.3. The van der Waals surface area contributed by atoms with Gasteiger partial charge in [0.1, 0.15) is 6.61 Å². The summed E-state index contributed by atoms with van der Waals surface area (Å²) in [5.74, 6) is 0.693. The van der Waals surface area contributed by atoms with Crippen molar-refractivity contribution < 1.29 is 14.3 Å². The van der Waals surface area contributed by atoms with Gasteiger partial charge in [-0.25, -0.2) is 9.78 Å². The summed E-state index contributed by atoms with van der Waals surface area (Å²) in [7, 11) is 1.63. The second kappa shape index (κ2) is 8.64. The van der Waals surface area contributed by atoms with Crippen LogP contribution in [-0.4, -0.2) is 41.8 Å². The second-order valence-corrected chi connectivity index (χ2v) is 9.35. The first-order valence-corrected chi connectivity index (χ1v) is 12.1. The molecule has 1 fully saturated rings. The van der Waals surface area contributed by atoms with Crippen LogP contribution >= 0.6 is 0 Å². The van der Waals surface area contributed by atoms with Gasteiger partial charge in [0, 0.05) is 24.2 Å². The lowest BCUT2D eigenvalue weighted by atomic mass is 9.83. The van der Waals surface area contributed by atoms with E-state index in [-0.39, 0.29) is 24.1 Å². The Morgan fingerprint density at radius 2 is 1.76 bits per heavy atom. The van der Waals surface area contributed by atoms with E-state index in [4.69, 9.17) is 9.47 Å². The number of amides is 1. The van der Waals surface area contributed by atoms with E-state index < -0.39 is 0 Å². The van der Waals surface area contributed by atoms with Gasteiger partial charge in [0.15, 0.2) is 0 Å². The fourth-order valence-electron chi connectivity index (χ4n) is 5.92. The van der Waals surface area contributed by atoms with Gasteiger partial charge in [-0.15, -0.1) is 0 Å². The van der Waals surface area contributed by atoms with Gasteiger partial charge in [-0.05, 0) is 65.1 Å². The van der Waals surface area contributed by atoms with Gasteiger partial charge >= 0.3 is 6.09 Å². The highest BCUT2D eigenvalue weighted by molar-refractivity contribution is 5.79. The Labute approximate surface area is 200 Å². The predicted octanol–water partition coefficient (Wildman–Crippen LogP) is 6.05. The average molecular weight is 453 g/mol. The summed E-state index contributed by atoms with van der Waals surface area (Å²) in [5, 5.41) is 0. The van der Waals surface area contributed by atoms with E-state index in [1.165, 1.54) is 27.8 Å². The molecule has 34 heavy (non-hydrogen) atoms. The van der Waals surface area contributed by atoms with Crippen molar-refractivity contribution >= 4 is 11.7 Å². The quantitative estimate of drug-likeness (QED) is 0.484. The van der Waals surface area contributed by atoms with Gasteiger partial charge in [-0.2, -0.15) is 0 Å². The molecule has 0 spiro atoms. The van der Waals surface area contributed by atoms with Gasteiger partial charge in [0.05, 0.1) is 13.2 Å². The molecule has 5 nitrogen and oxygen atoms in total. The smallest absolute Gasteiger partial charge is 0.410 e. The van der Waals surface area contributed by atoms with Crippen LogP contribution in [-0.2, 0) is 4.74 Å². The lowest BCUT2D eigenvalue weighted by Crippen LogP contribution is -2.51. The number of fused-ring (bicyclic) bond motifs is 5. The molecule has 1 saturated heterocycles. The van der Waals surface area contributed by atoms with Crippen molar-refractivity contribution in [2.75, 3.05) is 13.7 Å². The minimum atomic E-state index is -0.195. The molecule has 1 aliphatic carbocycles. The highest BCUT2D eigenvalue weighted by Gasteiger charge is 2.39. The SMILES string of the molecule is COc1cc(C2=CC3CCCC(C2)N3C(=O)OCC2c3ccccc3-c3ccccc32)ccn1. The Bertz CT molecular complexity index is 1220. The molecule has 1 amide bonds. The zero-order valence-corrected chi connectivity index (χ0v) is 19.3. The molecule has 2 atom stereocenters. The minimum Gasteiger partial charge on any atom is -0.481 e. The van der Waals surface area contributed by atoms with Crippen molar-refractivity contribution in [3.63, 3.8) is 0 Å². The summed E-state index contributed by atoms with van der Waals surface area (Å²) >= 11 is 0. The molecule has 3 aliphatic rings. The third-order valence-corrected chi connectivity index (χ3v) is 7.50. The van der Waals surface area contributed by atoms with Crippen molar-refractivity contribution in [3.05, 3.63) is 89.6 Å². The molecule has 2 aromatic carbocycles. The van der Waals surface area contributed by atoms with E-state index in [9.17, 15) is 4.79 Å². The Kier molecular flexibility index (Phi) is 5.33. The Morgan fingerprint density at radius 1 is 1.03 bits per heavy atom. The molecule has 2 unspecified atom stereocenters. The van der Waals surface area contributed by atoms with Crippen LogP contribution < -0.4 is 4.74 Å². The Hall–Kier alpha value is -3.60. The van der Waals surface area contributed by atoms with E-state index in [0.29, 0.717) is 12.5 Å². The molecule has 0 N–H and O–H groups in total. The topological polar surface area (TPSA) is 51.7 Å². The number of benzene rings is 2. The van der Waals surface area contributed by atoms with Crippen LogP contribution in [0.25, 0.3) is 16.7 Å². The lowest BCUT2D eigenvalue weighted by Gasteiger charge is -2.44. The first-order valence-electron chi connectivity index (χ1n) is 12.1. The number of aromatic nitrogens is 1. The number of carbonyl (C=O) groups is 1. The summed E-state index contributed by atoms with van der Waals surface area (Å²) in [6, 6.07) is 21.1. The van der Waals surface area contributed by atoms with Crippen molar-refractivity contribution in [2.24, 2.45) is 0 Å². The number of ether oxygens (including phenoxy) is 2. The van der Waals surface area contributed by atoms with E-state index >= 15 is 0 Å². The van der Waals surface area contributed by atoms with Gasteiger partial charge < -0.3 is 9.47 Å². The van der Waals surface area contributed by atoms with Gasteiger partial charge in [0.2, 0.25) is 5.88 Å². The van der Waals surface area contributed by atoms with Crippen molar-refractivity contribution in [1.82, 2.24) is 9.88 Å². The number of rotatable bonds is 4. The number of hydrogen-bond donors (Lipinski definition) is 0. The standard InChI is InChI=1S/C29H28N2O3/c1-33-28-17-19(13-14-30-28)20-15-21-7-6-8-22(16-20)31(21)29(32)34-18-27-25-11-4-2-9-23(25)24-10-3-5-12-26(24)27/h2-5,9-15,17,21-22,27H,6-8,16,18H2,1H3. The van der Waals surface area contributed by atoms with E-state index in [1.54, 1.807) is 13.3 Å². The molecular weight excluding hydrogens is 424 g/mol. The van der Waals surface area contributed by atoms with Crippen LogP contribution in [0.2, 0.25) is 0 Å². The van der Waals surface area contributed by atoms with Gasteiger partial charge in [0.25, 0.3) is 0 Å². The molecule has 5 heteroatoms. The zero-order chi connectivity index (χ0) is 23.1. The molecule has 2 bridgehead atoms. The van der Waals surface area contributed by atoms with Crippen LogP contribution in [0, 0.1) is 0 Å². The zero-order valence-electron chi connectivity index (χ0n) is 19.3. The number of methoxy groups -OCH3 is 1. The average Bonchev–Trinajstić information content (AvgIpc) is 3.20. The molecule has 0 saturated carbocycles. The first-order chi connectivity index (χ1) is 16.7. The Balaban J connectivity index is 1.22. The third kappa shape index (κ3) is 3.56. The maximum atomic E-state index is 13.4. The second-order valence-electron chi connectivity index (χ2n) is 9.35. The summed E-state index contributed by atoms with van der Waals surface area (Å²) in [6.07, 6.45) is 7.75. The highest BCUT2D eigenvalue weighted by Crippen LogP contribution is 2.45. The molecule has 2 aliphatic heterocycles. The lowest BCUT2D eigenvalue weighted by molar-refractivity contribution is 0.0539. The van der Waals surface area contributed by atoms with Gasteiger partial charge in [-0.3, -0.25) is 4.90 Å². The molecule has 1 aromatic heterocycles. The maximum absolute atomic E-state index is 13.4. The molecule has 0 radical (unpaired) electrons. The molecule has 6 rings (SSSR count). The van der Waals surface area contributed by atoms with Crippen molar-refractivity contribution in [2.45, 2.75) is 43.7 Å². The van der Waals surface area contributed by atoms with Crippen LogP contribution in [0.3, 0.4) is 0 Å². The largest absolute Gasteiger partial charge is 0.481 e. The third-order valence-electron chi connectivity index (χ3n) is 7.50. The molecule has 3 heterocycles. The van der Waals surface area contributed by atoms with Crippen LogP contribution in [0.1, 0.15) is 48.3 Å². The number of hydrogen-bond acceptors (Lipinski definition) is 4. The fourth-order valence-corrected chi connectivity index (χ4v) is 5.92. The monoisotopic (exact) mass is 452 g/mol. The molecule has 3 aromatic rings. The summed E-state index contributed by atoms with van der Waals surface area (Å²) in [4.78, 5) is 19.6. The van der Waals surface area contributed by atoms with Gasteiger partial charge in [-0.1, -0.05) is 54.6 Å². The van der Waals surface area contributed by atoms with E-state index in [1.807, 2.05) is 17.0 Å².